The summed E-state index contributed by atoms with van der Waals surface area (Å²) in [6.45, 7) is 3.25. The number of hydrogen-bond donors (Lipinski definition) is 2. The number of rotatable bonds is 7. The van der Waals surface area contributed by atoms with Crippen LogP contribution in [-0.2, 0) is 11.3 Å². The lowest BCUT2D eigenvalue weighted by Crippen LogP contribution is -2.61. The summed E-state index contributed by atoms with van der Waals surface area (Å²) < 4.78 is 17.8. The Balaban J connectivity index is 1.23. The molecule has 0 aliphatic carbocycles. The van der Waals surface area contributed by atoms with Crippen LogP contribution in [0.15, 0.2) is 67.3 Å². The predicted octanol–water partition coefficient (Wildman–Crippen LogP) is 2.75. The van der Waals surface area contributed by atoms with E-state index in [1.165, 1.54) is 0 Å². The molecule has 0 spiro atoms. The van der Waals surface area contributed by atoms with Gasteiger partial charge in [-0.15, -0.1) is 0 Å². The second kappa shape index (κ2) is 11.6. The Morgan fingerprint density at radius 1 is 1.05 bits per heavy atom. The molecule has 42 heavy (non-hydrogen) atoms. The summed E-state index contributed by atoms with van der Waals surface area (Å²) in [5, 5.41) is 5.95. The normalized spacial score (nSPS) is 15.8. The summed E-state index contributed by atoms with van der Waals surface area (Å²) >= 11 is 0. The van der Waals surface area contributed by atoms with Gasteiger partial charge in [-0.3, -0.25) is 9.36 Å². The summed E-state index contributed by atoms with van der Waals surface area (Å²) in [5.41, 5.74) is 2.23. The fourth-order valence-corrected chi connectivity index (χ4v) is 4.88. The largest absolute Gasteiger partial charge is 0.497 e. The number of hydrogen-bond acceptors (Lipinski definition) is 9. The summed E-state index contributed by atoms with van der Waals surface area (Å²) in [5.74, 6) is 2.80. The highest BCUT2D eigenvalue weighted by Crippen LogP contribution is 2.32. The van der Waals surface area contributed by atoms with E-state index in [1.54, 1.807) is 59.6 Å². The fraction of sp³-hybridized carbons (Fsp3) is 0.276. The highest BCUT2D eigenvalue weighted by molar-refractivity contribution is 5.91. The molecule has 1 saturated heterocycles. The first-order valence-corrected chi connectivity index (χ1v) is 13.4. The smallest absolute Gasteiger partial charge is 0.321 e. The molecule has 4 aromatic rings. The van der Waals surface area contributed by atoms with E-state index in [0.29, 0.717) is 47.8 Å². The minimum absolute atomic E-state index is 0.151. The third kappa shape index (κ3) is 5.75. The number of nitrogens with zero attached hydrogens (tertiary/aromatic N) is 6. The van der Waals surface area contributed by atoms with Crippen molar-refractivity contribution in [2.75, 3.05) is 43.8 Å². The molecule has 3 amide bonds. The van der Waals surface area contributed by atoms with Crippen LogP contribution in [0.5, 0.6) is 17.2 Å². The maximum atomic E-state index is 13.7. The number of carbonyl (C=O) groups is 2. The number of methoxy groups -OCH3 is 1. The van der Waals surface area contributed by atoms with Crippen molar-refractivity contribution in [3.8, 4) is 23.2 Å². The van der Waals surface area contributed by atoms with Crippen molar-refractivity contribution in [3.63, 3.8) is 0 Å². The molecule has 1 atom stereocenters. The van der Waals surface area contributed by atoms with E-state index in [4.69, 9.17) is 19.2 Å². The van der Waals surface area contributed by atoms with Gasteiger partial charge < -0.3 is 34.6 Å². The molecule has 0 radical (unpaired) electrons. The lowest BCUT2D eigenvalue weighted by molar-refractivity contribution is -0.123. The van der Waals surface area contributed by atoms with Crippen molar-refractivity contribution >= 4 is 23.4 Å². The second-order valence-electron chi connectivity index (χ2n) is 9.86. The number of amides is 3. The number of anilines is 2. The number of benzene rings is 2. The molecule has 216 valence electrons. The van der Waals surface area contributed by atoms with Crippen LogP contribution in [0.2, 0.25) is 0 Å². The Bertz CT molecular complexity index is 1580. The van der Waals surface area contributed by atoms with Crippen molar-refractivity contribution in [2.45, 2.75) is 19.5 Å². The van der Waals surface area contributed by atoms with Gasteiger partial charge in [0, 0.05) is 49.5 Å². The molecule has 13 heteroatoms. The Morgan fingerprint density at radius 2 is 1.88 bits per heavy atom. The van der Waals surface area contributed by atoms with Crippen molar-refractivity contribution in [1.29, 1.82) is 0 Å². The topological polar surface area (TPSA) is 136 Å². The first-order chi connectivity index (χ1) is 20.5. The zero-order chi connectivity index (χ0) is 29.1. The molecule has 2 aromatic heterocycles. The van der Waals surface area contributed by atoms with Gasteiger partial charge in [-0.05, 0) is 48.9 Å². The Labute approximate surface area is 242 Å². The molecule has 2 aromatic carbocycles. The zero-order valence-corrected chi connectivity index (χ0v) is 23.2. The predicted molar refractivity (Wildman–Crippen MR) is 153 cm³/mol. The first-order valence-electron chi connectivity index (χ1n) is 13.4. The number of aromatic nitrogens is 4. The molecular formula is C29H30N8O5. The van der Waals surface area contributed by atoms with Gasteiger partial charge in [-0.1, -0.05) is 6.07 Å². The number of aryl methyl sites for hydroxylation is 1. The van der Waals surface area contributed by atoms with Gasteiger partial charge in [0.15, 0.2) is 11.5 Å². The van der Waals surface area contributed by atoms with Gasteiger partial charge >= 0.3 is 6.03 Å². The number of imidazole rings is 1. The lowest BCUT2D eigenvalue weighted by Gasteiger charge is -2.41. The monoisotopic (exact) mass is 570 g/mol. The molecular weight excluding hydrogens is 540 g/mol. The molecule has 2 aliphatic rings. The number of fused-ring (bicyclic) bond motifs is 1. The molecule has 4 heterocycles. The standard InChI is InChI=1S/C29H30N8O5/c1-19-13-26(34-28(32-19)36-10-9-30-17-36)37-12-11-35(29(39)33-21-4-6-22(40-2)7-5-21)16-23(37)27(38)31-15-20-3-8-24-25(14-20)42-18-41-24/h3-10,13-14,17,23H,11-12,15-16,18H2,1-2H3,(H,31,38)(H,33,39). The van der Waals surface area contributed by atoms with Crippen LogP contribution >= 0.6 is 0 Å². The second-order valence-corrected chi connectivity index (χ2v) is 9.86. The highest BCUT2D eigenvalue weighted by Gasteiger charge is 2.35. The third-order valence-electron chi connectivity index (χ3n) is 7.07. The lowest BCUT2D eigenvalue weighted by atomic mass is 10.1. The molecule has 1 fully saturated rings. The quantitative estimate of drug-likeness (QED) is 0.344. The number of nitrogens with one attached hydrogen (secondary N) is 2. The van der Waals surface area contributed by atoms with Crippen LogP contribution in [0.25, 0.3) is 5.95 Å². The average molecular weight is 571 g/mol. The minimum Gasteiger partial charge on any atom is -0.497 e. The Hall–Kier alpha value is -5.33. The van der Waals surface area contributed by atoms with Crippen LogP contribution in [0.4, 0.5) is 16.3 Å². The minimum atomic E-state index is -0.709. The Kier molecular flexibility index (Phi) is 7.45. The van der Waals surface area contributed by atoms with Crippen LogP contribution < -0.4 is 29.7 Å². The molecule has 0 saturated carbocycles. The highest BCUT2D eigenvalue weighted by atomic mass is 16.7. The summed E-state index contributed by atoms with van der Waals surface area (Å²) in [6, 6.07) is 13.5. The zero-order valence-electron chi connectivity index (χ0n) is 23.2. The van der Waals surface area contributed by atoms with Gasteiger partial charge in [0.05, 0.1) is 13.7 Å². The van der Waals surface area contributed by atoms with Crippen molar-refractivity contribution in [2.24, 2.45) is 0 Å². The molecule has 0 bridgehead atoms. The fourth-order valence-electron chi connectivity index (χ4n) is 4.88. The maximum Gasteiger partial charge on any atom is 0.321 e. The van der Waals surface area contributed by atoms with E-state index in [2.05, 4.69) is 20.6 Å². The molecule has 2 N–H and O–H groups in total. The summed E-state index contributed by atoms with van der Waals surface area (Å²) in [4.78, 5) is 43.9. The van der Waals surface area contributed by atoms with Crippen LogP contribution in [0.3, 0.4) is 0 Å². The number of ether oxygens (including phenoxy) is 3. The summed E-state index contributed by atoms with van der Waals surface area (Å²) in [7, 11) is 1.59. The van der Waals surface area contributed by atoms with Gasteiger partial charge in [-0.25, -0.2) is 14.8 Å². The van der Waals surface area contributed by atoms with Crippen LogP contribution in [0, 0.1) is 6.92 Å². The van der Waals surface area contributed by atoms with Gasteiger partial charge in [0.1, 0.15) is 23.9 Å². The van der Waals surface area contributed by atoms with Gasteiger partial charge in [-0.2, -0.15) is 4.98 Å². The van der Waals surface area contributed by atoms with Gasteiger partial charge in [0.25, 0.3) is 0 Å². The Morgan fingerprint density at radius 3 is 2.67 bits per heavy atom. The molecule has 6 rings (SSSR count). The van der Waals surface area contributed by atoms with Crippen molar-refractivity contribution < 1.29 is 23.8 Å². The number of piperazine rings is 1. The third-order valence-corrected chi connectivity index (χ3v) is 7.07. The summed E-state index contributed by atoms with van der Waals surface area (Å²) in [6.07, 6.45) is 5.03. The van der Waals surface area contributed by atoms with E-state index < -0.39 is 6.04 Å². The maximum absolute atomic E-state index is 13.7. The SMILES string of the molecule is COc1ccc(NC(=O)N2CCN(c3cc(C)nc(-n4ccnc4)n3)C(C(=O)NCc3ccc4c(c3)OCO4)C2)cc1. The van der Waals surface area contributed by atoms with E-state index in [9.17, 15) is 9.59 Å². The van der Waals surface area contributed by atoms with E-state index in [-0.39, 0.29) is 31.8 Å². The number of carbonyl (C=O) groups excluding carboxylic acids is 2. The first kappa shape index (κ1) is 26.9. The van der Waals surface area contributed by atoms with Crippen molar-refractivity contribution in [1.82, 2.24) is 29.7 Å². The van der Waals surface area contributed by atoms with Crippen molar-refractivity contribution in [3.05, 3.63) is 78.5 Å². The van der Waals surface area contributed by atoms with Crippen LogP contribution in [-0.4, -0.2) is 75.9 Å². The molecule has 1 unspecified atom stereocenters. The van der Waals surface area contributed by atoms with E-state index in [1.807, 2.05) is 36.1 Å². The van der Waals surface area contributed by atoms with Crippen LogP contribution in [0.1, 0.15) is 11.3 Å². The van der Waals surface area contributed by atoms with Gasteiger partial charge in [0.2, 0.25) is 18.6 Å². The molecule has 13 nitrogen and oxygen atoms in total. The molecule has 2 aliphatic heterocycles. The number of urea groups is 1. The van der Waals surface area contributed by atoms with E-state index >= 15 is 0 Å². The van der Waals surface area contributed by atoms with E-state index in [0.717, 1.165) is 11.3 Å². The average Bonchev–Trinajstić information content (AvgIpc) is 3.72.